The third-order valence-corrected chi connectivity index (χ3v) is 2.56. The molecule has 5 heteroatoms. The maximum Gasteiger partial charge on any atom is 0.363 e. The fraction of sp³-hybridized carbons (Fsp3) is 1.00. The first kappa shape index (κ1) is 10.3. The number of hydrogen-bond donors (Lipinski definition) is 0. The van der Waals surface area contributed by atoms with Gasteiger partial charge in [-0.2, -0.15) is 17.6 Å². The summed E-state index contributed by atoms with van der Waals surface area (Å²) in [7, 11) is 0. The van der Waals surface area contributed by atoms with E-state index in [1.165, 1.54) is 0 Å². The van der Waals surface area contributed by atoms with Crippen molar-refractivity contribution in [3.05, 3.63) is 0 Å². The number of rotatable bonds is 4. The highest BCUT2D eigenvalue weighted by Gasteiger charge is 2.53. The van der Waals surface area contributed by atoms with Crippen LogP contribution in [0, 0.1) is 5.92 Å². The van der Waals surface area contributed by atoms with Crippen LogP contribution in [-0.2, 0) is 0 Å². The van der Waals surface area contributed by atoms with Gasteiger partial charge < -0.3 is 0 Å². The first-order valence-electron chi connectivity index (χ1n) is 3.77. The van der Waals surface area contributed by atoms with Crippen LogP contribution >= 0.6 is 15.9 Å². The summed E-state index contributed by atoms with van der Waals surface area (Å²) in [5, 5.41) is 0. The Kier molecular flexibility index (Phi) is 2.71. The normalized spacial score (nSPS) is 19.8. The first-order chi connectivity index (χ1) is 5.33. The molecule has 0 aromatic heterocycles. The molecule has 0 aromatic rings. The minimum absolute atomic E-state index is 0.203. The van der Waals surface area contributed by atoms with E-state index < -0.39 is 17.2 Å². The Morgan fingerprint density at radius 2 is 1.67 bits per heavy atom. The smallest absolute Gasteiger partial charge is 0.199 e. The molecular weight excluding hydrogens is 240 g/mol. The number of alkyl halides is 5. The van der Waals surface area contributed by atoms with Crippen LogP contribution < -0.4 is 0 Å². The lowest BCUT2D eigenvalue weighted by Crippen LogP contribution is -2.34. The molecule has 72 valence electrons. The number of hydrogen-bond acceptors (Lipinski definition) is 0. The summed E-state index contributed by atoms with van der Waals surface area (Å²) < 4.78 is 49.3. The van der Waals surface area contributed by atoms with Gasteiger partial charge >= 0.3 is 10.8 Å². The molecule has 0 aliphatic heterocycles. The number of halogens is 5. The molecule has 1 fully saturated rings. The predicted octanol–water partition coefficient (Wildman–Crippen LogP) is 3.80. The van der Waals surface area contributed by atoms with Crippen molar-refractivity contribution in [3.8, 4) is 0 Å². The Balaban J connectivity index is 2.35. The standard InChI is InChI=1S/C7H9BrF4/c8-7(11,12)6(9,10)4-3-5-1-2-5/h5H,1-4H2. The third kappa shape index (κ3) is 2.61. The lowest BCUT2D eigenvalue weighted by Gasteiger charge is -2.20. The first-order valence-corrected chi connectivity index (χ1v) is 4.57. The molecular formula is C7H9BrF4. The van der Waals surface area contributed by atoms with Gasteiger partial charge in [-0.15, -0.1) is 0 Å². The highest BCUT2D eigenvalue weighted by molar-refractivity contribution is 9.10. The second-order valence-electron chi connectivity index (χ2n) is 3.18. The van der Waals surface area contributed by atoms with Crippen LogP contribution in [0.15, 0.2) is 0 Å². The molecule has 0 aromatic carbocycles. The Morgan fingerprint density at radius 1 is 1.17 bits per heavy atom. The molecule has 0 heterocycles. The summed E-state index contributed by atoms with van der Waals surface area (Å²) >= 11 is 1.69. The largest absolute Gasteiger partial charge is 0.363 e. The molecule has 0 saturated heterocycles. The quantitative estimate of drug-likeness (QED) is 0.525. The lowest BCUT2D eigenvalue weighted by molar-refractivity contribution is -0.152. The van der Waals surface area contributed by atoms with Crippen molar-refractivity contribution in [1.82, 2.24) is 0 Å². The van der Waals surface area contributed by atoms with Gasteiger partial charge in [0.1, 0.15) is 0 Å². The van der Waals surface area contributed by atoms with E-state index in [2.05, 4.69) is 0 Å². The van der Waals surface area contributed by atoms with Gasteiger partial charge in [0.15, 0.2) is 0 Å². The second-order valence-corrected chi connectivity index (χ2v) is 4.18. The highest BCUT2D eigenvalue weighted by Crippen LogP contribution is 2.45. The van der Waals surface area contributed by atoms with Gasteiger partial charge in [0.25, 0.3) is 0 Å². The van der Waals surface area contributed by atoms with Crippen LogP contribution in [0.3, 0.4) is 0 Å². The van der Waals surface area contributed by atoms with E-state index in [4.69, 9.17) is 0 Å². The molecule has 1 rings (SSSR count). The summed E-state index contributed by atoms with van der Waals surface area (Å²) in [6.45, 7) is 0. The van der Waals surface area contributed by atoms with E-state index in [1.54, 1.807) is 15.9 Å². The SMILES string of the molecule is FC(F)(Br)C(F)(F)CCC1CC1. The van der Waals surface area contributed by atoms with Crippen molar-refractivity contribution < 1.29 is 17.6 Å². The molecule has 0 unspecified atom stereocenters. The molecule has 0 N–H and O–H groups in total. The lowest BCUT2D eigenvalue weighted by atomic mass is 10.1. The van der Waals surface area contributed by atoms with Gasteiger partial charge in [-0.3, -0.25) is 0 Å². The van der Waals surface area contributed by atoms with E-state index in [0.717, 1.165) is 12.8 Å². The van der Waals surface area contributed by atoms with Gasteiger partial charge in [-0.05, 0) is 28.3 Å². The zero-order chi connectivity index (χ0) is 9.41. The molecule has 0 nitrogen and oxygen atoms in total. The van der Waals surface area contributed by atoms with Gasteiger partial charge in [0.05, 0.1) is 0 Å². The van der Waals surface area contributed by atoms with E-state index in [0.29, 0.717) is 0 Å². The maximum absolute atomic E-state index is 12.5. The van der Waals surface area contributed by atoms with Crippen molar-refractivity contribution in [2.24, 2.45) is 5.92 Å². The fourth-order valence-electron chi connectivity index (χ4n) is 0.934. The van der Waals surface area contributed by atoms with Crippen LogP contribution in [0.1, 0.15) is 25.7 Å². The van der Waals surface area contributed by atoms with Crippen LogP contribution in [-0.4, -0.2) is 10.8 Å². The summed E-state index contributed by atoms with van der Waals surface area (Å²) in [5.74, 6) is -3.65. The topological polar surface area (TPSA) is 0 Å². The fourth-order valence-corrected chi connectivity index (χ4v) is 1.13. The second kappa shape index (κ2) is 3.16. The molecule has 1 aliphatic rings. The Bertz CT molecular complexity index is 159. The van der Waals surface area contributed by atoms with Crippen molar-refractivity contribution in [2.75, 3.05) is 0 Å². The van der Waals surface area contributed by atoms with Gasteiger partial charge in [0.2, 0.25) is 0 Å². The van der Waals surface area contributed by atoms with Crippen LogP contribution in [0.25, 0.3) is 0 Å². The molecule has 0 radical (unpaired) electrons. The summed E-state index contributed by atoms with van der Waals surface area (Å²) in [6, 6.07) is 0. The molecule has 1 saturated carbocycles. The maximum atomic E-state index is 12.5. The Labute approximate surface area is 76.5 Å². The Hall–Kier alpha value is 0.200. The van der Waals surface area contributed by atoms with Crippen LogP contribution in [0.4, 0.5) is 17.6 Å². The summed E-state index contributed by atoms with van der Waals surface area (Å²) in [6.07, 6.45) is 1.29. The zero-order valence-electron chi connectivity index (χ0n) is 6.30. The molecule has 1 aliphatic carbocycles. The summed E-state index contributed by atoms with van der Waals surface area (Å²) in [4.78, 5) is -4.06. The predicted molar refractivity (Wildman–Crippen MR) is 40.8 cm³/mol. The van der Waals surface area contributed by atoms with Crippen molar-refractivity contribution >= 4 is 15.9 Å². The van der Waals surface area contributed by atoms with Crippen LogP contribution in [0.2, 0.25) is 0 Å². The van der Waals surface area contributed by atoms with E-state index in [9.17, 15) is 17.6 Å². The van der Waals surface area contributed by atoms with E-state index in [1.807, 2.05) is 0 Å². The molecule has 0 bridgehead atoms. The zero-order valence-corrected chi connectivity index (χ0v) is 7.88. The van der Waals surface area contributed by atoms with E-state index in [-0.39, 0.29) is 12.3 Å². The minimum Gasteiger partial charge on any atom is -0.199 e. The third-order valence-electron chi connectivity index (χ3n) is 1.98. The average Bonchev–Trinajstić information content (AvgIpc) is 2.62. The minimum atomic E-state index is -4.06. The average molecular weight is 249 g/mol. The van der Waals surface area contributed by atoms with Crippen molar-refractivity contribution in [1.29, 1.82) is 0 Å². The molecule has 0 atom stereocenters. The molecule has 0 spiro atoms. The van der Waals surface area contributed by atoms with Crippen molar-refractivity contribution in [2.45, 2.75) is 36.4 Å². The highest BCUT2D eigenvalue weighted by atomic mass is 79.9. The van der Waals surface area contributed by atoms with Crippen LogP contribution in [0.5, 0.6) is 0 Å². The van der Waals surface area contributed by atoms with E-state index >= 15 is 0 Å². The summed E-state index contributed by atoms with van der Waals surface area (Å²) in [5.41, 5.74) is 0. The van der Waals surface area contributed by atoms with Gasteiger partial charge in [-0.1, -0.05) is 12.8 Å². The van der Waals surface area contributed by atoms with Crippen molar-refractivity contribution in [3.63, 3.8) is 0 Å². The molecule has 0 amide bonds. The Morgan fingerprint density at radius 3 is 2.00 bits per heavy atom. The monoisotopic (exact) mass is 248 g/mol. The van der Waals surface area contributed by atoms with Gasteiger partial charge in [0, 0.05) is 6.42 Å². The van der Waals surface area contributed by atoms with Gasteiger partial charge in [-0.25, -0.2) is 0 Å². The molecule has 12 heavy (non-hydrogen) atoms.